The van der Waals surface area contributed by atoms with E-state index in [4.69, 9.17) is 10.9 Å². The Morgan fingerprint density at radius 1 is 1.53 bits per heavy atom. The van der Waals surface area contributed by atoms with Crippen LogP contribution in [0, 0.1) is 0 Å². The van der Waals surface area contributed by atoms with Crippen LogP contribution < -0.4 is 10.6 Å². The van der Waals surface area contributed by atoms with Crippen LogP contribution in [0.25, 0.3) is 0 Å². The maximum Gasteiger partial charge on any atom is 0.445 e. The van der Waals surface area contributed by atoms with Crippen LogP contribution in [0.3, 0.4) is 0 Å². The number of rotatable bonds is 4. The van der Waals surface area contributed by atoms with Gasteiger partial charge in [-0.1, -0.05) is 16.5 Å². The maximum absolute atomic E-state index is 12.3. The summed E-state index contributed by atoms with van der Waals surface area (Å²) < 4.78 is 36.8. The highest BCUT2D eigenvalue weighted by molar-refractivity contribution is 7.15. The highest BCUT2D eigenvalue weighted by atomic mass is 32.1. The summed E-state index contributed by atoms with van der Waals surface area (Å²) in [7, 11) is 1.55. The number of amidine groups is 1. The smallest absolute Gasteiger partial charge is 0.409 e. The molecular formula is C7H10F3N5OS. The van der Waals surface area contributed by atoms with Gasteiger partial charge in [-0.25, -0.2) is 0 Å². The first-order valence-corrected chi connectivity index (χ1v) is 5.24. The van der Waals surface area contributed by atoms with Crippen LogP contribution >= 0.6 is 11.3 Å². The van der Waals surface area contributed by atoms with Crippen molar-refractivity contribution in [1.29, 1.82) is 0 Å². The first kappa shape index (κ1) is 13.5. The minimum Gasteiger partial charge on any atom is -0.409 e. The summed E-state index contributed by atoms with van der Waals surface area (Å²) >= 11 is 0.443. The third-order valence-corrected chi connectivity index (χ3v) is 2.90. The van der Waals surface area contributed by atoms with Crippen molar-refractivity contribution < 1.29 is 18.4 Å². The summed E-state index contributed by atoms with van der Waals surface area (Å²) in [6.07, 6.45) is -4.27. The quantitative estimate of drug-likeness (QED) is 0.370. The molecule has 1 aromatic rings. The van der Waals surface area contributed by atoms with Gasteiger partial charge in [0.05, 0.1) is 0 Å². The van der Waals surface area contributed by atoms with Gasteiger partial charge >= 0.3 is 6.18 Å². The van der Waals surface area contributed by atoms with Crippen LogP contribution in [0.4, 0.5) is 18.3 Å². The van der Waals surface area contributed by atoms with Gasteiger partial charge in [0.1, 0.15) is 5.84 Å². The van der Waals surface area contributed by atoms with E-state index in [-0.39, 0.29) is 23.9 Å². The van der Waals surface area contributed by atoms with E-state index in [1.807, 2.05) is 0 Å². The Bertz CT molecular complexity index is 404. The zero-order valence-corrected chi connectivity index (χ0v) is 9.59. The van der Waals surface area contributed by atoms with Gasteiger partial charge in [0.25, 0.3) is 0 Å². The molecule has 0 fully saturated rings. The summed E-state index contributed by atoms with van der Waals surface area (Å²) in [4.78, 5) is 1.45. The van der Waals surface area contributed by atoms with Crippen molar-refractivity contribution in [3.05, 3.63) is 5.01 Å². The molecule has 96 valence electrons. The largest absolute Gasteiger partial charge is 0.445 e. The van der Waals surface area contributed by atoms with Gasteiger partial charge < -0.3 is 15.8 Å². The van der Waals surface area contributed by atoms with Crippen LogP contribution in [-0.2, 0) is 6.18 Å². The lowest BCUT2D eigenvalue weighted by Crippen LogP contribution is -2.24. The normalized spacial score (nSPS) is 12.8. The van der Waals surface area contributed by atoms with Gasteiger partial charge in [-0.05, 0) is 0 Å². The van der Waals surface area contributed by atoms with E-state index in [0.29, 0.717) is 11.3 Å². The van der Waals surface area contributed by atoms with Crippen molar-refractivity contribution in [2.45, 2.75) is 12.6 Å². The van der Waals surface area contributed by atoms with Crippen molar-refractivity contribution in [3.63, 3.8) is 0 Å². The average molecular weight is 269 g/mol. The van der Waals surface area contributed by atoms with Gasteiger partial charge in [-0.3, -0.25) is 0 Å². The number of hydrogen-bond acceptors (Lipinski definition) is 6. The summed E-state index contributed by atoms with van der Waals surface area (Å²) in [6.45, 7) is 0.280. The number of halogens is 3. The molecule has 1 rings (SSSR count). The minimum atomic E-state index is -4.48. The van der Waals surface area contributed by atoms with E-state index >= 15 is 0 Å². The average Bonchev–Trinajstić information content (AvgIpc) is 2.74. The standard InChI is InChI=1S/C7H10F3N5OS/c1-15(3-2-4(11)14-16)6-13-12-5(17-6)7(8,9)10/h16H,2-3H2,1H3,(H2,11,14). The minimum absolute atomic E-state index is 0.00240. The lowest BCUT2D eigenvalue weighted by atomic mass is 10.4. The molecule has 17 heavy (non-hydrogen) atoms. The Labute approximate surface area is 98.5 Å². The van der Waals surface area contributed by atoms with Crippen molar-refractivity contribution in [2.24, 2.45) is 10.9 Å². The molecule has 0 bridgehead atoms. The van der Waals surface area contributed by atoms with E-state index < -0.39 is 11.2 Å². The fraction of sp³-hybridized carbons (Fsp3) is 0.571. The molecule has 1 heterocycles. The van der Waals surface area contributed by atoms with Gasteiger partial charge in [0.15, 0.2) is 0 Å². The fourth-order valence-corrected chi connectivity index (χ4v) is 1.61. The zero-order valence-electron chi connectivity index (χ0n) is 8.77. The zero-order chi connectivity index (χ0) is 13.1. The van der Waals surface area contributed by atoms with E-state index in [9.17, 15) is 13.2 Å². The second-order valence-corrected chi connectivity index (χ2v) is 4.11. The molecule has 0 aliphatic heterocycles. The number of nitrogens with two attached hydrogens (primary N) is 1. The van der Waals surface area contributed by atoms with Gasteiger partial charge in [-0.2, -0.15) is 13.2 Å². The highest BCUT2D eigenvalue weighted by Gasteiger charge is 2.36. The summed E-state index contributed by atoms with van der Waals surface area (Å²) in [6, 6.07) is 0. The van der Waals surface area contributed by atoms with Gasteiger partial charge in [0.2, 0.25) is 10.1 Å². The molecular weight excluding hydrogens is 259 g/mol. The number of nitrogens with zero attached hydrogens (tertiary/aromatic N) is 4. The van der Waals surface area contributed by atoms with Crippen LogP contribution in [0.1, 0.15) is 11.4 Å². The van der Waals surface area contributed by atoms with Gasteiger partial charge in [0, 0.05) is 20.0 Å². The Kier molecular flexibility index (Phi) is 4.10. The van der Waals surface area contributed by atoms with Crippen LogP contribution in [0.15, 0.2) is 5.16 Å². The van der Waals surface area contributed by atoms with Crippen molar-refractivity contribution in [1.82, 2.24) is 10.2 Å². The van der Waals surface area contributed by atoms with Crippen LogP contribution in [-0.4, -0.2) is 34.8 Å². The fourth-order valence-electron chi connectivity index (χ4n) is 0.912. The lowest BCUT2D eigenvalue weighted by molar-refractivity contribution is -0.138. The van der Waals surface area contributed by atoms with Crippen LogP contribution in [0.2, 0.25) is 0 Å². The predicted octanol–water partition coefficient (Wildman–Crippen LogP) is 1.13. The van der Waals surface area contributed by atoms with Crippen molar-refractivity contribution in [3.8, 4) is 0 Å². The van der Waals surface area contributed by atoms with E-state index in [0.717, 1.165) is 0 Å². The molecule has 6 nitrogen and oxygen atoms in total. The first-order valence-electron chi connectivity index (χ1n) is 4.43. The SMILES string of the molecule is CN(CCC(N)=NO)c1nnc(C(F)(F)F)s1. The van der Waals surface area contributed by atoms with E-state index in [2.05, 4.69) is 15.4 Å². The number of alkyl halides is 3. The Balaban J connectivity index is 2.64. The molecule has 0 saturated carbocycles. The third-order valence-electron chi connectivity index (χ3n) is 1.82. The number of aromatic nitrogens is 2. The maximum atomic E-state index is 12.3. The molecule has 3 N–H and O–H groups in total. The highest BCUT2D eigenvalue weighted by Crippen LogP contribution is 2.33. The summed E-state index contributed by atoms with van der Waals surface area (Å²) in [5.41, 5.74) is 5.23. The monoisotopic (exact) mass is 269 g/mol. The molecule has 0 aliphatic rings. The molecule has 0 spiro atoms. The van der Waals surface area contributed by atoms with E-state index in [1.54, 1.807) is 7.05 Å². The van der Waals surface area contributed by atoms with Crippen molar-refractivity contribution in [2.75, 3.05) is 18.5 Å². The predicted molar refractivity (Wildman–Crippen MR) is 56.2 cm³/mol. The van der Waals surface area contributed by atoms with Crippen LogP contribution in [0.5, 0.6) is 0 Å². The Morgan fingerprint density at radius 3 is 2.65 bits per heavy atom. The molecule has 0 amide bonds. The molecule has 0 unspecified atom stereocenters. The first-order chi connectivity index (χ1) is 7.84. The summed E-state index contributed by atoms with van der Waals surface area (Å²) in [5.74, 6) is -0.00240. The van der Waals surface area contributed by atoms with Crippen molar-refractivity contribution >= 4 is 22.3 Å². The number of oxime groups is 1. The lowest BCUT2D eigenvalue weighted by Gasteiger charge is -2.13. The molecule has 0 radical (unpaired) electrons. The van der Waals surface area contributed by atoms with Gasteiger partial charge in [-0.15, -0.1) is 10.2 Å². The molecule has 0 atom stereocenters. The topological polar surface area (TPSA) is 87.6 Å². The number of anilines is 1. The Morgan fingerprint density at radius 2 is 2.18 bits per heavy atom. The molecule has 10 heteroatoms. The second kappa shape index (κ2) is 5.17. The third kappa shape index (κ3) is 3.73. The Hall–Kier alpha value is -1.58. The molecule has 0 aliphatic carbocycles. The molecule has 1 aromatic heterocycles. The molecule has 0 aromatic carbocycles. The summed E-state index contributed by atoms with van der Waals surface area (Å²) in [5, 5.41) is 16.6. The molecule has 0 saturated heterocycles. The number of hydrogen-bond donors (Lipinski definition) is 2. The second-order valence-electron chi connectivity index (χ2n) is 3.15. The van der Waals surface area contributed by atoms with E-state index in [1.165, 1.54) is 4.90 Å².